The third-order valence-electron chi connectivity index (χ3n) is 5.60. The number of aliphatic carboxylic acids is 1. The molecule has 1 saturated carbocycles. The summed E-state index contributed by atoms with van der Waals surface area (Å²) in [6, 6.07) is 10.1. The molecule has 3 heteroatoms. The van der Waals surface area contributed by atoms with Crippen molar-refractivity contribution in [3.05, 3.63) is 48.0 Å². The summed E-state index contributed by atoms with van der Waals surface area (Å²) in [5, 5.41) is 19.6. The minimum Gasteiger partial charge on any atom is -0.481 e. The van der Waals surface area contributed by atoms with E-state index in [4.69, 9.17) is 0 Å². The topological polar surface area (TPSA) is 57.5 Å². The molecule has 3 nitrogen and oxygen atoms in total. The zero-order chi connectivity index (χ0) is 18.6. The number of aryl methyl sites for hydroxylation is 1. The van der Waals surface area contributed by atoms with E-state index in [1.165, 1.54) is 31.2 Å². The van der Waals surface area contributed by atoms with Crippen molar-refractivity contribution in [3.63, 3.8) is 0 Å². The van der Waals surface area contributed by atoms with Gasteiger partial charge < -0.3 is 10.2 Å². The molecule has 1 aliphatic carbocycles. The lowest BCUT2D eigenvalue weighted by Gasteiger charge is -2.15. The van der Waals surface area contributed by atoms with Crippen LogP contribution >= 0.6 is 0 Å². The Kier molecular flexibility index (Phi) is 9.47. The molecule has 0 heterocycles. The van der Waals surface area contributed by atoms with E-state index < -0.39 is 12.1 Å². The summed E-state index contributed by atoms with van der Waals surface area (Å²) in [6.07, 6.45) is 14.7. The molecular formula is C23H34O3. The highest BCUT2D eigenvalue weighted by Gasteiger charge is 2.18. The van der Waals surface area contributed by atoms with E-state index in [9.17, 15) is 15.0 Å². The van der Waals surface area contributed by atoms with Crippen LogP contribution in [0, 0.1) is 11.8 Å². The van der Waals surface area contributed by atoms with Gasteiger partial charge in [0, 0.05) is 0 Å². The first kappa shape index (κ1) is 20.7. The molecule has 0 saturated heterocycles. The highest BCUT2D eigenvalue weighted by Crippen LogP contribution is 2.27. The Hall–Kier alpha value is -1.61. The van der Waals surface area contributed by atoms with E-state index in [0.29, 0.717) is 25.7 Å². The molecule has 144 valence electrons. The van der Waals surface area contributed by atoms with Crippen molar-refractivity contribution < 1.29 is 15.0 Å². The van der Waals surface area contributed by atoms with Crippen molar-refractivity contribution in [1.29, 1.82) is 0 Å². The van der Waals surface area contributed by atoms with Crippen LogP contribution in [0.15, 0.2) is 42.5 Å². The molecule has 1 aliphatic rings. The lowest BCUT2D eigenvalue weighted by atomic mass is 9.94. The minimum atomic E-state index is -0.732. The average molecular weight is 359 g/mol. The number of hydrogen-bond donors (Lipinski definition) is 2. The Morgan fingerprint density at radius 1 is 1.04 bits per heavy atom. The standard InChI is InChI=1S/C23H34O3/c24-22(17-15-20-10-3-1-4-11-20)18-16-21(23(25)26)14-6-2-5-9-19-12-7-8-13-19/h1-5,10-11,19,21-22,24H,6-9,12-18H2,(H,25,26). The predicted octanol–water partition coefficient (Wildman–Crippen LogP) is 5.38. The Labute approximate surface area is 158 Å². The number of carboxylic acids is 1. The zero-order valence-corrected chi connectivity index (χ0v) is 15.9. The van der Waals surface area contributed by atoms with Crippen LogP contribution in [0.25, 0.3) is 0 Å². The molecule has 2 N–H and O–H groups in total. The smallest absolute Gasteiger partial charge is 0.306 e. The van der Waals surface area contributed by atoms with Gasteiger partial charge in [0.1, 0.15) is 0 Å². The van der Waals surface area contributed by atoms with Crippen LogP contribution in [-0.4, -0.2) is 22.3 Å². The van der Waals surface area contributed by atoms with Crippen LogP contribution in [0.3, 0.4) is 0 Å². The monoisotopic (exact) mass is 358 g/mol. The maximum absolute atomic E-state index is 11.5. The number of aliphatic hydroxyl groups is 1. The second-order valence-corrected chi connectivity index (χ2v) is 7.73. The first-order valence-electron chi connectivity index (χ1n) is 10.2. The maximum Gasteiger partial charge on any atom is 0.306 e. The second kappa shape index (κ2) is 11.9. The van der Waals surface area contributed by atoms with Crippen LogP contribution in [0.2, 0.25) is 0 Å². The van der Waals surface area contributed by atoms with Crippen molar-refractivity contribution in [2.75, 3.05) is 0 Å². The third-order valence-corrected chi connectivity index (χ3v) is 5.60. The molecule has 26 heavy (non-hydrogen) atoms. The van der Waals surface area contributed by atoms with Gasteiger partial charge in [-0.15, -0.1) is 0 Å². The molecular weight excluding hydrogens is 324 g/mol. The summed E-state index contributed by atoms with van der Waals surface area (Å²) in [7, 11) is 0. The van der Waals surface area contributed by atoms with Gasteiger partial charge in [-0.1, -0.05) is 68.2 Å². The first-order chi connectivity index (χ1) is 12.6. The van der Waals surface area contributed by atoms with Gasteiger partial charge >= 0.3 is 5.97 Å². The third kappa shape index (κ3) is 8.18. The van der Waals surface area contributed by atoms with Gasteiger partial charge in [-0.05, 0) is 56.4 Å². The Balaban J connectivity index is 1.61. The Morgan fingerprint density at radius 3 is 2.46 bits per heavy atom. The highest BCUT2D eigenvalue weighted by molar-refractivity contribution is 5.69. The number of allylic oxidation sites excluding steroid dienone is 2. The fourth-order valence-corrected chi connectivity index (χ4v) is 3.86. The van der Waals surface area contributed by atoms with Crippen molar-refractivity contribution in [3.8, 4) is 0 Å². The summed E-state index contributed by atoms with van der Waals surface area (Å²) in [5.41, 5.74) is 1.22. The molecule has 0 bridgehead atoms. The summed E-state index contributed by atoms with van der Waals surface area (Å²) < 4.78 is 0. The SMILES string of the molecule is O=C(O)C(CCC=CCC1CCCC1)CCC(O)CCc1ccccc1. The Bertz CT molecular complexity index is 532. The van der Waals surface area contributed by atoms with E-state index in [0.717, 1.165) is 25.2 Å². The zero-order valence-electron chi connectivity index (χ0n) is 15.9. The predicted molar refractivity (Wildman–Crippen MR) is 106 cm³/mol. The normalized spacial score (nSPS) is 17.6. The molecule has 2 rings (SSSR count). The van der Waals surface area contributed by atoms with Gasteiger partial charge in [0.2, 0.25) is 0 Å². The van der Waals surface area contributed by atoms with Crippen LogP contribution in [0.5, 0.6) is 0 Å². The molecule has 1 fully saturated rings. The van der Waals surface area contributed by atoms with Crippen LogP contribution in [0.1, 0.15) is 69.8 Å². The lowest BCUT2D eigenvalue weighted by Crippen LogP contribution is -2.17. The van der Waals surface area contributed by atoms with Gasteiger partial charge in [-0.2, -0.15) is 0 Å². The number of carboxylic acid groups (broad SMARTS) is 1. The van der Waals surface area contributed by atoms with Crippen LogP contribution in [-0.2, 0) is 11.2 Å². The lowest BCUT2D eigenvalue weighted by molar-refractivity contribution is -0.142. The summed E-state index contributed by atoms with van der Waals surface area (Å²) in [4.78, 5) is 11.5. The molecule has 0 radical (unpaired) electrons. The summed E-state index contributed by atoms with van der Waals surface area (Å²) >= 11 is 0. The number of aliphatic hydroxyl groups excluding tert-OH is 1. The molecule has 0 spiro atoms. The van der Waals surface area contributed by atoms with Crippen LogP contribution in [0.4, 0.5) is 0 Å². The maximum atomic E-state index is 11.5. The van der Waals surface area contributed by atoms with Crippen molar-refractivity contribution in [2.24, 2.45) is 11.8 Å². The van der Waals surface area contributed by atoms with Gasteiger partial charge in [0.15, 0.2) is 0 Å². The van der Waals surface area contributed by atoms with E-state index in [1.807, 2.05) is 18.2 Å². The molecule has 2 atom stereocenters. The van der Waals surface area contributed by atoms with Crippen LogP contribution < -0.4 is 0 Å². The highest BCUT2D eigenvalue weighted by atomic mass is 16.4. The van der Waals surface area contributed by atoms with E-state index in [1.54, 1.807) is 0 Å². The van der Waals surface area contributed by atoms with Gasteiger partial charge in [-0.25, -0.2) is 0 Å². The fraction of sp³-hybridized carbons (Fsp3) is 0.609. The number of carbonyl (C=O) groups is 1. The molecule has 0 aromatic heterocycles. The van der Waals surface area contributed by atoms with Gasteiger partial charge in [0.05, 0.1) is 12.0 Å². The van der Waals surface area contributed by atoms with E-state index in [2.05, 4.69) is 24.3 Å². The van der Waals surface area contributed by atoms with Gasteiger partial charge in [-0.3, -0.25) is 4.79 Å². The Morgan fingerprint density at radius 2 is 1.77 bits per heavy atom. The first-order valence-corrected chi connectivity index (χ1v) is 10.2. The van der Waals surface area contributed by atoms with E-state index >= 15 is 0 Å². The van der Waals surface area contributed by atoms with Gasteiger partial charge in [0.25, 0.3) is 0 Å². The number of hydrogen-bond acceptors (Lipinski definition) is 2. The molecule has 1 aromatic carbocycles. The van der Waals surface area contributed by atoms with Crippen molar-refractivity contribution >= 4 is 5.97 Å². The van der Waals surface area contributed by atoms with Crippen molar-refractivity contribution in [2.45, 2.75) is 76.7 Å². The summed E-state index contributed by atoms with van der Waals surface area (Å²) in [5.74, 6) is -0.233. The number of rotatable bonds is 12. The summed E-state index contributed by atoms with van der Waals surface area (Å²) in [6.45, 7) is 0. The van der Waals surface area contributed by atoms with E-state index in [-0.39, 0.29) is 5.92 Å². The second-order valence-electron chi connectivity index (χ2n) is 7.73. The average Bonchev–Trinajstić information content (AvgIpc) is 3.16. The molecule has 0 amide bonds. The quantitative estimate of drug-likeness (QED) is 0.493. The molecule has 0 aliphatic heterocycles. The van der Waals surface area contributed by atoms with Crippen molar-refractivity contribution in [1.82, 2.24) is 0 Å². The minimum absolute atomic E-state index is 0.350. The largest absolute Gasteiger partial charge is 0.481 e. The fourth-order valence-electron chi connectivity index (χ4n) is 3.86. The number of benzene rings is 1. The molecule has 2 unspecified atom stereocenters. The molecule has 1 aromatic rings.